The lowest BCUT2D eigenvalue weighted by atomic mass is 10.3. The van der Waals surface area contributed by atoms with E-state index >= 15 is 0 Å². The summed E-state index contributed by atoms with van der Waals surface area (Å²) in [5, 5.41) is 10.0. The van der Waals surface area contributed by atoms with Gasteiger partial charge in [0, 0.05) is 6.54 Å². The van der Waals surface area contributed by atoms with Crippen molar-refractivity contribution in [1.82, 2.24) is 10.6 Å². The molecule has 0 saturated carbocycles. The quantitative estimate of drug-likeness (QED) is 0.605. The summed E-state index contributed by atoms with van der Waals surface area (Å²) in [6, 6.07) is -0.791. The summed E-state index contributed by atoms with van der Waals surface area (Å²) in [4.78, 5) is 33.1. The van der Waals surface area contributed by atoms with Crippen LogP contribution >= 0.6 is 0 Å². The number of hydrogen-bond donors (Lipinski definition) is 3. The van der Waals surface area contributed by atoms with Crippen molar-refractivity contribution in [2.45, 2.75) is 37.7 Å². The summed E-state index contributed by atoms with van der Waals surface area (Å²) in [5.74, 6) is -2.25. The van der Waals surface area contributed by atoms with E-state index in [1.807, 2.05) is 5.32 Å². The summed E-state index contributed by atoms with van der Waals surface area (Å²) in [6.07, 6.45) is -0.596. The number of carboxylic acids is 1. The van der Waals surface area contributed by atoms with E-state index in [0.717, 1.165) is 6.92 Å². The number of amides is 3. The number of carbonyl (C=O) groups excluding carboxylic acids is 2. The lowest BCUT2D eigenvalue weighted by molar-refractivity contribution is -0.137. The molecule has 0 aliphatic rings. The summed E-state index contributed by atoms with van der Waals surface area (Å²) in [7, 11) is -3.97. The number of urea groups is 1. The van der Waals surface area contributed by atoms with E-state index in [9.17, 15) is 22.8 Å². The summed E-state index contributed by atoms with van der Waals surface area (Å²) >= 11 is 0. The van der Waals surface area contributed by atoms with Crippen LogP contribution in [-0.4, -0.2) is 48.5 Å². The molecule has 9 heteroatoms. The first kappa shape index (κ1) is 17.4. The minimum atomic E-state index is -3.97. The second kappa shape index (κ2) is 7.07. The van der Waals surface area contributed by atoms with E-state index in [0.29, 0.717) is 0 Å². The number of carboxylic acid groups (broad SMARTS) is 1. The Morgan fingerprint density at radius 1 is 1.21 bits per heavy atom. The number of carbonyl (C=O) groups is 3. The number of nitrogens with one attached hydrogen (secondary N) is 2. The average Bonchev–Trinajstić information content (AvgIpc) is 2.26. The van der Waals surface area contributed by atoms with Gasteiger partial charge in [-0.25, -0.2) is 13.2 Å². The zero-order chi connectivity index (χ0) is 15.2. The molecule has 0 aliphatic carbocycles. The molecule has 3 N–H and O–H groups in total. The van der Waals surface area contributed by atoms with Crippen LogP contribution in [0, 0.1) is 0 Å². The standard InChI is InChI=1S/C10H18N2O6S/c1-4-11-10(16)12-9(15)7(3)19(17,18)6(2)5-8(13)14/h6-7H,4-5H2,1-3H3,(H,13,14)(H2,11,12,15,16). The van der Waals surface area contributed by atoms with Crippen LogP contribution in [0.25, 0.3) is 0 Å². The zero-order valence-corrected chi connectivity index (χ0v) is 11.8. The van der Waals surface area contributed by atoms with Crippen molar-refractivity contribution >= 4 is 27.7 Å². The highest BCUT2D eigenvalue weighted by molar-refractivity contribution is 7.93. The Hall–Kier alpha value is -1.64. The number of hydrogen-bond acceptors (Lipinski definition) is 5. The maximum Gasteiger partial charge on any atom is 0.321 e. The lowest BCUT2D eigenvalue weighted by Crippen LogP contribution is -2.47. The minimum Gasteiger partial charge on any atom is -0.481 e. The Kier molecular flexibility index (Phi) is 6.46. The van der Waals surface area contributed by atoms with Crippen LogP contribution in [0.2, 0.25) is 0 Å². The highest BCUT2D eigenvalue weighted by Gasteiger charge is 2.34. The fourth-order valence-corrected chi connectivity index (χ4v) is 2.71. The highest BCUT2D eigenvalue weighted by Crippen LogP contribution is 2.13. The molecular formula is C10H18N2O6S. The first-order chi connectivity index (χ1) is 8.62. The molecule has 0 bridgehead atoms. The molecule has 0 aromatic carbocycles. The molecule has 2 atom stereocenters. The summed E-state index contributed by atoms with van der Waals surface area (Å²) in [6.45, 7) is 4.25. The van der Waals surface area contributed by atoms with Gasteiger partial charge in [0.1, 0.15) is 5.25 Å². The van der Waals surface area contributed by atoms with Gasteiger partial charge in [-0.2, -0.15) is 0 Å². The second-order valence-corrected chi connectivity index (χ2v) is 6.68. The van der Waals surface area contributed by atoms with E-state index in [2.05, 4.69) is 5.32 Å². The fourth-order valence-electron chi connectivity index (χ4n) is 1.28. The number of sulfone groups is 1. The monoisotopic (exact) mass is 294 g/mol. The van der Waals surface area contributed by atoms with Gasteiger partial charge in [0.25, 0.3) is 0 Å². The molecule has 0 aromatic rings. The predicted octanol–water partition coefficient (Wildman–Crippen LogP) is -0.501. The van der Waals surface area contributed by atoms with Crippen LogP contribution in [0.4, 0.5) is 4.79 Å². The van der Waals surface area contributed by atoms with Crippen LogP contribution in [0.15, 0.2) is 0 Å². The third-order valence-electron chi connectivity index (χ3n) is 2.46. The van der Waals surface area contributed by atoms with Crippen LogP contribution in [-0.2, 0) is 19.4 Å². The molecule has 2 unspecified atom stereocenters. The summed E-state index contributed by atoms with van der Waals surface area (Å²) < 4.78 is 23.8. The molecule has 0 saturated heterocycles. The Morgan fingerprint density at radius 3 is 2.16 bits per heavy atom. The smallest absolute Gasteiger partial charge is 0.321 e. The van der Waals surface area contributed by atoms with Crippen LogP contribution < -0.4 is 10.6 Å². The molecule has 0 radical (unpaired) electrons. The van der Waals surface area contributed by atoms with Crippen LogP contribution in [0.3, 0.4) is 0 Å². The minimum absolute atomic E-state index is 0.287. The largest absolute Gasteiger partial charge is 0.481 e. The van der Waals surface area contributed by atoms with Gasteiger partial charge in [0.2, 0.25) is 5.91 Å². The topological polar surface area (TPSA) is 130 Å². The number of rotatable bonds is 6. The molecule has 0 aromatic heterocycles. The normalized spacial score (nSPS) is 14.3. The van der Waals surface area contributed by atoms with Gasteiger partial charge in [-0.05, 0) is 20.8 Å². The number of imide groups is 1. The van der Waals surface area contributed by atoms with Gasteiger partial charge in [-0.1, -0.05) is 0 Å². The maximum absolute atomic E-state index is 11.9. The van der Waals surface area contributed by atoms with Gasteiger partial charge >= 0.3 is 12.0 Å². The van der Waals surface area contributed by atoms with E-state index in [1.165, 1.54) is 6.92 Å². The molecule has 8 nitrogen and oxygen atoms in total. The van der Waals surface area contributed by atoms with Crippen molar-refractivity contribution in [3.63, 3.8) is 0 Å². The Bertz CT molecular complexity index is 459. The van der Waals surface area contributed by atoms with Crippen LogP contribution in [0.5, 0.6) is 0 Å². The van der Waals surface area contributed by atoms with Crippen molar-refractivity contribution in [3.8, 4) is 0 Å². The van der Waals surface area contributed by atoms with Crippen LogP contribution in [0.1, 0.15) is 27.2 Å². The molecule has 3 amide bonds. The number of aliphatic carboxylic acids is 1. The maximum atomic E-state index is 11.9. The van der Waals surface area contributed by atoms with Crippen molar-refractivity contribution in [2.75, 3.05) is 6.54 Å². The molecule has 0 aliphatic heterocycles. The molecule has 19 heavy (non-hydrogen) atoms. The molecule has 0 spiro atoms. The zero-order valence-electron chi connectivity index (χ0n) is 11.0. The van der Waals surface area contributed by atoms with Crippen molar-refractivity contribution in [2.24, 2.45) is 0 Å². The van der Waals surface area contributed by atoms with E-state index in [4.69, 9.17) is 5.11 Å². The van der Waals surface area contributed by atoms with Crippen molar-refractivity contribution < 1.29 is 27.9 Å². The Morgan fingerprint density at radius 2 is 1.74 bits per heavy atom. The SMILES string of the molecule is CCNC(=O)NC(=O)C(C)S(=O)(=O)C(C)CC(=O)O. The fraction of sp³-hybridized carbons (Fsp3) is 0.700. The van der Waals surface area contributed by atoms with Crippen molar-refractivity contribution in [1.29, 1.82) is 0 Å². The molecule has 0 fully saturated rings. The highest BCUT2D eigenvalue weighted by atomic mass is 32.2. The molecule has 0 heterocycles. The van der Waals surface area contributed by atoms with E-state index in [1.54, 1.807) is 6.92 Å². The first-order valence-electron chi connectivity index (χ1n) is 5.66. The van der Waals surface area contributed by atoms with Gasteiger partial charge < -0.3 is 10.4 Å². The van der Waals surface area contributed by atoms with Gasteiger partial charge in [-0.3, -0.25) is 14.9 Å². The van der Waals surface area contributed by atoms with Gasteiger partial charge in [0.15, 0.2) is 9.84 Å². The third-order valence-corrected chi connectivity index (χ3v) is 4.95. The predicted molar refractivity (Wildman–Crippen MR) is 67.3 cm³/mol. The second-order valence-electron chi connectivity index (χ2n) is 3.99. The Labute approximate surface area is 111 Å². The molecular weight excluding hydrogens is 276 g/mol. The van der Waals surface area contributed by atoms with E-state index in [-0.39, 0.29) is 6.54 Å². The third kappa shape index (κ3) is 5.25. The Balaban J connectivity index is 4.79. The molecule has 0 rings (SSSR count). The average molecular weight is 294 g/mol. The molecule has 110 valence electrons. The van der Waals surface area contributed by atoms with E-state index < -0.39 is 44.7 Å². The summed E-state index contributed by atoms with van der Waals surface area (Å²) in [5.41, 5.74) is 0. The lowest BCUT2D eigenvalue weighted by Gasteiger charge is -2.16. The van der Waals surface area contributed by atoms with Gasteiger partial charge in [0.05, 0.1) is 11.7 Å². The van der Waals surface area contributed by atoms with Gasteiger partial charge in [-0.15, -0.1) is 0 Å². The van der Waals surface area contributed by atoms with Crippen molar-refractivity contribution in [3.05, 3.63) is 0 Å². The first-order valence-corrected chi connectivity index (χ1v) is 7.27.